The third-order valence-electron chi connectivity index (χ3n) is 3.00. The van der Waals surface area contributed by atoms with Crippen LogP contribution in [-0.2, 0) is 4.74 Å². The number of esters is 1. The molecule has 9 heteroatoms. The summed E-state index contributed by atoms with van der Waals surface area (Å²) in [5.41, 5.74) is 0.319. The van der Waals surface area contributed by atoms with Crippen molar-refractivity contribution in [3.8, 4) is 11.5 Å². The number of hydrogen-bond donors (Lipinski definition) is 0. The fraction of sp³-hybridized carbons (Fsp3) is 0.143. The van der Waals surface area contributed by atoms with Gasteiger partial charge in [0.15, 0.2) is 23.9 Å². The highest BCUT2D eigenvalue weighted by Gasteiger charge is 2.19. The number of nitro groups is 1. The molecule has 1 aromatic heterocycles. The Morgan fingerprint density at radius 2 is 2.00 bits per heavy atom. The molecule has 1 aromatic carbocycles. The van der Waals surface area contributed by atoms with Crippen molar-refractivity contribution in [3.05, 3.63) is 50.9 Å². The Hall–Kier alpha value is -2.94. The van der Waals surface area contributed by atoms with Crippen molar-refractivity contribution >= 4 is 28.1 Å². The molecule has 0 N–H and O–H groups in total. The summed E-state index contributed by atoms with van der Waals surface area (Å²) in [5.74, 6) is -0.194. The highest BCUT2D eigenvalue weighted by Crippen LogP contribution is 2.32. The maximum absolute atomic E-state index is 12.0. The van der Waals surface area contributed by atoms with Crippen LogP contribution in [0.15, 0.2) is 30.3 Å². The van der Waals surface area contributed by atoms with Crippen molar-refractivity contribution in [3.63, 3.8) is 0 Å². The lowest BCUT2D eigenvalue weighted by Crippen LogP contribution is -2.13. The van der Waals surface area contributed by atoms with Crippen LogP contribution in [0.1, 0.15) is 20.0 Å². The molecule has 0 radical (unpaired) electrons. The number of carbonyl (C=O) groups excluding carboxylic acids is 2. The molecule has 0 unspecified atom stereocenters. The molecule has 0 bridgehead atoms. The molecule has 0 spiro atoms. The molecule has 2 aromatic rings. The fourth-order valence-electron chi connectivity index (χ4n) is 1.89. The van der Waals surface area contributed by atoms with Crippen LogP contribution < -0.4 is 9.47 Å². The molecule has 3 rings (SSSR count). The predicted molar refractivity (Wildman–Crippen MR) is 78.2 cm³/mol. The number of thiophene rings is 1. The van der Waals surface area contributed by atoms with E-state index in [-0.39, 0.29) is 16.7 Å². The van der Waals surface area contributed by atoms with Crippen LogP contribution >= 0.6 is 11.3 Å². The van der Waals surface area contributed by atoms with Crippen LogP contribution in [0.25, 0.3) is 0 Å². The van der Waals surface area contributed by atoms with Gasteiger partial charge in [-0.3, -0.25) is 14.9 Å². The molecule has 0 aliphatic carbocycles. The van der Waals surface area contributed by atoms with Gasteiger partial charge in [0.25, 0.3) is 0 Å². The first-order valence-electron chi connectivity index (χ1n) is 6.39. The van der Waals surface area contributed by atoms with E-state index in [1.807, 2.05) is 0 Å². The first kappa shape index (κ1) is 15.0. The number of nitrogens with zero attached hydrogens (tertiary/aromatic N) is 1. The van der Waals surface area contributed by atoms with E-state index in [0.717, 1.165) is 0 Å². The average Bonchev–Trinajstić information content (AvgIpc) is 3.20. The minimum Gasteiger partial charge on any atom is -0.454 e. The Balaban J connectivity index is 1.62. The van der Waals surface area contributed by atoms with Gasteiger partial charge in [0, 0.05) is 11.6 Å². The monoisotopic (exact) mass is 335 g/mol. The Labute approximate surface area is 133 Å². The molecular formula is C14H9NO7S. The van der Waals surface area contributed by atoms with Gasteiger partial charge in [0.1, 0.15) is 4.88 Å². The molecule has 0 fully saturated rings. The second-order valence-electron chi connectivity index (χ2n) is 4.46. The predicted octanol–water partition coefficient (Wildman–Crippen LogP) is 2.42. The van der Waals surface area contributed by atoms with Crippen LogP contribution in [-0.4, -0.2) is 30.1 Å². The molecule has 0 amide bonds. The lowest BCUT2D eigenvalue weighted by molar-refractivity contribution is -0.380. The molecule has 1 aliphatic heterocycles. The van der Waals surface area contributed by atoms with Crippen molar-refractivity contribution in [2.24, 2.45) is 0 Å². The highest BCUT2D eigenvalue weighted by atomic mass is 32.1. The third kappa shape index (κ3) is 3.14. The van der Waals surface area contributed by atoms with E-state index < -0.39 is 23.3 Å². The normalized spacial score (nSPS) is 12.0. The smallest absolute Gasteiger partial charge is 0.349 e. The first-order valence-corrected chi connectivity index (χ1v) is 7.20. The highest BCUT2D eigenvalue weighted by molar-refractivity contribution is 7.17. The Bertz CT molecular complexity index is 798. The number of ether oxygens (including phenoxy) is 3. The molecule has 0 atom stereocenters. The van der Waals surface area contributed by atoms with Crippen molar-refractivity contribution in [1.29, 1.82) is 0 Å². The zero-order valence-corrected chi connectivity index (χ0v) is 12.3. The summed E-state index contributed by atoms with van der Waals surface area (Å²) in [6.45, 7) is -0.372. The Kier molecular flexibility index (Phi) is 3.94. The molecule has 118 valence electrons. The number of hydrogen-bond acceptors (Lipinski definition) is 8. The van der Waals surface area contributed by atoms with Crippen LogP contribution in [0.3, 0.4) is 0 Å². The Morgan fingerprint density at radius 1 is 1.22 bits per heavy atom. The topological polar surface area (TPSA) is 105 Å². The van der Waals surface area contributed by atoms with E-state index in [0.29, 0.717) is 28.4 Å². The number of rotatable bonds is 5. The van der Waals surface area contributed by atoms with Crippen molar-refractivity contribution in [2.75, 3.05) is 13.4 Å². The largest absolute Gasteiger partial charge is 0.454 e. The van der Waals surface area contributed by atoms with Crippen LogP contribution in [0, 0.1) is 10.1 Å². The summed E-state index contributed by atoms with van der Waals surface area (Å²) < 4.78 is 15.2. The average molecular weight is 335 g/mol. The van der Waals surface area contributed by atoms with Gasteiger partial charge in [-0.15, -0.1) is 0 Å². The van der Waals surface area contributed by atoms with Crippen molar-refractivity contribution < 1.29 is 28.7 Å². The van der Waals surface area contributed by atoms with Gasteiger partial charge in [0.05, 0.1) is 4.92 Å². The second-order valence-corrected chi connectivity index (χ2v) is 5.52. The van der Waals surface area contributed by atoms with Gasteiger partial charge < -0.3 is 14.2 Å². The van der Waals surface area contributed by atoms with Crippen LogP contribution in [0.4, 0.5) is 5.00 Å². The lowest BCUT2D eigenvalue weighted by atomic mass is 10.1. The van der Waals surface area contributed by atoms with E-state index in [4.69, 9.17) is 14.2 Å². The fourth-order valence-corrected chi connectivity index (χ4v) is 2.61. The first-order chi connectivity index (χ1) is 11.0. The van der Waals surface area contributed by atoms with E-state index >= 15 is 0 Å². The SMILES string of the molecule is O=C(COC(=O)c1ccc([N+](=O)[O-])s1)c1ccc2c(c1)OCO2. The molecule has 0 saturated carbocycles. The standard InChI is InChI=1S/C14H9NO7S/c16-9(8-1-2-10-11(5-8)22-7-21-10)6-20-14(17)12-3-4-13(23-12)15(18)19/h1-5H,6-7H2. The molecule has 0 saturated heterocycles. The van der Waals surface area contributed by atoms with E-state index in [2.05, 4.69) is 0 Å². The number of Topliss-reactive ketones (excluding diaryl/α,β-unsaturated/α-hetero) is 1. The minimum atomic E-state index is -0.780. The molecule has 8 nitrogen and oxygen atoms in total. The maximum Gasteiger partial charge on any atom is 0.349 e. The second kappa shape index (κ2) is 6.05. The summed E-state index contributed by atoms with van der Waals surface area (Å²) in [6, 6.07) is 7.14. The van der Waals surface area contributed by atoms with Gasteiger partial charge in [-0.25, -0.2) is 4.79 Å². The zero-order valence-electron chi connectivity index (χ0n) is 11.5. The minimum absolute atomic E-state index is 0.0650. The van der Waals surface area contributed by atoms with Crippen molar-refractivity contribution in [2.45, 2.75) is 0 Å². The lowest BCUT2D eigenvalue weighted by Gasteiger charge is -2.04. The van der Waals surface area contributed by atoms with Gasteiger partial charge in [-0.05, 0) is 24.3 Å². The quantitative estimate of drug-likeness (QED) is 0.357. The van der Waals surface area contributed by atoms with E-state index in [1.165, 1.54) is 18.2 Å². The molecule has 23 heavy (non-hydrogen) atoms. The molecule has 1 aliphatic rings. The van der Waals surface area contributed by atoms with Gasteiger partial charge in [0.2, 0.25) is 6.79 Å². The maximum atomic E-state index is 12.0. The zero-order chi connectivity index (χ0) is 16.4. The summed E-state index contributed by atoms with van der Waals surface area (Å²) in [5, 5.41) is 10.4. The molecular weight excluding hydrogens is 326 g/mol. The summed E-state index contributed by atoms with van der Waals surface area (Å²) in [4.78, 5) is 33.8. The van der Waals surface area contributed by atoms with E-state index in [9.17, 15) is 19.7 Å². The van der Waals surface area contributed by atoms with Gasteiger partial charge in [-0.2, -0.15) is 0 Å². The van der Waals surface area contributed by atoms with Crippen LogP contribution in [0.2, 0.25) is 0 Å². The van der Waals surface area contributed by atoms with Gasteiger partial charge >= 0.3 is 11.0 Å². The summed E-state index contributed by atoms with van der Waals surface area (Å²) in [7, 11) is 0. The third-order valence-corrected chi connectivity index (χ3v) is 4.02. The number of ketones is 1. The summed E-state index contributed by atoms with van der Waals surface area (Å²) >= 11 is 0.691. The number of benzene rings is 1. The molecule has 2 heterocycles. The van der Waals surface area contributed by atoms with E-state index in [1.54, 1.807) is 12.1 Å². The van der Waals surface area contributed by atoms with Crippen molar-refractivity contribution in [1.82, 2.24) is 0 Å². The number of carbonyl (C=O) groups is 2. The van der Waals surface area contributed by atoms with Gasteiger partial charge in [-0.1, -0.05) is 11.3 Å². The van der Waals surface area contributed by atoms with Crippen LogP contribution in [0.5, 0.6) is 11.5 Å². The summed E-state index contributed by atoms with van der Waals surface area (Å²) in [6.07, 6.45) is 0. The Morgan fingerprint density at radius 3 is 2.74 bits per heavy atom. The number of fused-ring (bicyclic) bond motifs is 1.